The average Bonchev–Trinajstić information content (AvgIpc) is 2.83. The van der Waals surface area contributed by atoms with E-state index in [0.29, 0.717) is 42.7 Å². The topological polar surface area (TPSA) is 59.3 Å². The summed E-state index contributed by atoms with van der Waals surface area (Å²) >= 11 is 0.529. The van der Waals surface area contributed by atoms with Crippen LogP contribution in [0.15, 0.2) is 16.5 Å². The van der Waals surface area contributed by atoms with E-state index in [-0.39, 0.29) is 23.3 Å². The number of hydrogen-bond donors (Lipinski definition) is 1. The van der Waals surface area contributed by atoms with Gasteiger partial charge in [-0.05, 0) is 25.0 Å². The lowest BCUT2D eigenvalue weighted by Gasteiger charge is -2.22. The Morgan fingerprint density at radius 3 is 2.60 bits per heavy atom. The van der Waals surface area contributed by atoms with Crippen LogP contribution in [0, 0.1) is 0 Å². The smallest absolute Gasteiger partial charge is 0.284 e. The van der Waals surface area contributed by atoms with E-state index in [1.54, 1.807) is 12.1 Å². The maximum Gasteiger partial charge on any atom is 0.284 e. The molecule has 1 aliphatic heterocycles. The van der Waals surface area contributed by atoms with Crippen molar-refractivity contribution in [2.75, 3.05) is 11.5 Å². The number of nitrogens with one attached hydrogen (secondary N) is 1. The Morgan fingerprint density at radius 2 is 1.95 bits per heavy atom. The molecule has 0 spiro atoms. The fraction of sp³-hybridized carbons (Fsp3) is 0.667. The highest BCUT2D eigenvalue weighted by Gasteiger charge is 2.23. The molecule has 0 saturated carbocycles. The SMILES string of the molecule is O=S1(=O)CCC(NCc2ccc(CSC(F)F)o2)CC1. The molecule has 1 saturated heterocycles. The Bertz CT molecular complexity index is 517. The molecule has 1 fully saturated rings. The Hall–Kier alpha value is -0.600. The second-order valence-corrected chi connectivity index (χ2v) is 8.03. The first-order chi connectivity index (χ1) is 9.44. The first-order valence-corrected chi connectivity index (χ1v) is 9.23. The van der Waals surface area contributed by atoms with Crippen LogP contribution in [0.5, 0.6) is 0 Å². The van der Waals surface area contributed by atoms with E-state index in [0.717, 1.165) is 0 Å². The van der Waals surface area contributed by atoms with E-state index in [1.807, 2.05) is 0 Å². The van der Waals surface area contributed by atoms with E-state index in [4.69, 9.17) is 4.42 Å². The van der Waals surface area contributed by atoms with E-state index in [2.05, 4.69) is 5.32 Å². The maximum absolute atomic E-state index is 12.0. The van der Waals surface area contributed by atoms with Gasteiger partial charge < -0.3 is 9.73 Å². The molecule has 1 aromatic heterocycles. The normalized spacial score (nSPS) is 19.6. The van der Waals surface area contributed by atoms with Gasteiger partial charge >= 0.3 is 0 Å². The largest absolute Gasteiger partial charge is 0.464 e. The van der Waals surface area contributed by atoms with Gasteiger partial charge in [0.25, 0.3) is 5.76 Å². The fourth-order valence-electron chi connectivity index (χ4n) is 2.08. The lowest BCUT2D eigenvalue weighted by atomic mass is 10.1. The van der Waals surface area contributed by atoms with Crippen LogP contribution in [-0.4, -0.2) is 31.7 Å². The van der Waals surface area contributed by atoms with Gasteiger partial charge in [0.15, 0.2) is 0 Å². The van der Waals surface area contributed by atoms with Gasteiger partial charge in [-0.15, -0.1) is 0 Å². The second-order valence-electron chi connectivity index (χ2n) is 4.75. The van der Waals surface area contributed by atoms with Crippen molar-refractivity contribution in [2.24, 2.45) is 0 Å². The molecule has 0 unspecified atom stereocenters. The fourth-order valence-corrected chi connectivity index (χ4v) is 4.02. The number of thioether (sulfide) groups is 1. The zero-order valence-electron chi connectivity index (χ0n) is 10.8. The number of hydrogen-bond acceptors (Lipinski definition) is 5. The van der Waals surface area contributed by atoms with E-state index in [9.17, 15) is 17.2 Å². The molecule has 1 aromatic rings. The summed E-state index contributed by atoms with van der Waals surface area (Å²) < 4.78 is 52.1. The molecule has 114 valence electrons. The molecule has 0 atom stereocenters. The minimum Gasteiger partial charge on any atom is -0.464 e. The Morgan fingerprint density at radius 1 is 1.30 bits per heavy atom. The summed E-state index contributed by atoms with van der Waals surface area (Å²) in [5.41, 5.74) is 0. The molecule has 8 heteroatoms. The van der Waals surface area contributed by atoms with Gasteiger partial charge in [0.2, 0.25) is 0 Å². The number of rotatable bonds is 6. The lowest BCUT2D eigenvalue weighted by Crippen LogP contribution is -2.37. The summed E-state index contributed by atoms with van der Waals surface area (Å²) in [4.78, 5) is 0. The van der Waals surface area contributed by atoms with Crippen molar-refractivity contribution < 1.29 is 21.6 Å². The molecule has 4 nitrogen and oxygen atoms in total. The van der Waals surface area contributed by atoms with Crippen LogP contribution in [0.2, 0.25) is 0 Å². The van der Waals surface area contributed by atoms with E-state index >= 15 is 0 Å². The Labute approximate surface area is 121 Å². The average molecular weight is 325 g/mol. The van der Waals surface area contributed by atoms with Gasteiger partial charge in [-0.25, -0.2) is 8.42 Å². The van der Waals surface area contributed by atoms with Gasteiger partial charge in [-0.1, -0.05) is 11.8 Å². The third-order valence-corrected chi connectivity index (χ3v) is 5.61. The van der Waals surface area contributed by atoms with E-state index < -0.39 is 15.6 Å². The number of furan rings is 1. The van der Waals surface area contributed by atoms with Crippen molar-refractivity contribution in [1.82, 2.24) is 5.32 Å². The summed E-state index contributed by atoms with van der Waals surface area (Å²) in [7, 11) is -2.85. The van der Waals surface area contributed by atoms with Crippen LogP contribution in [0.1, 0.15) is 24.4 Å². The van der Waals surface area contributed by atoms with Crippen molar-refractivity contribution in [3.63, 3.8) is 0 Å². The molecule has 20 heavy (non-hydrogen) atoms. The number of alkyl halides is 2. The quantitative estimate of drug-likeness (QED) is 0.870. The predicted molar refractivity (Wildman–Crippen MR) is 74.5 cm³/mol. The zero-order chi connectivity index (χ0) is 14.6. The highest BCUT2D eigenvalue weighted by Crippen LogP contribution is 2.21. The van der Waals surface area contributed by atoms with Gasteiger partial charge in [-0.3, -0.25) is 0 Å². The minimum atomic E-state index is -2.85. The summed E-state index contributed by atoms with van der Waals surface area (Å²) in [5, 5.41) is 3.24. The number of sulfone groups is 1. The molecule has 0 amide bonds. The van der Waals surface area contributed by atoms with Gasteiger partial charge in [0.05, 0.1) is 23.8 Å². The Balaban J connectivity index is 1.74. The highest BCUT2D eigenvalue weighted by atomic mass is 32.2. The zero-order valence-corrected chi connectivity index (χ0v) is 12.5. The van der Waals surface area contributed by atoms with Crippen LogP contribution in [0.4, 0.5) is 8.78 Å². The van der Waals surface area contributed by atoms with Crippen molar-refractivity contribution in [2.45, 2.75) is 36.9 Å². The van der Waals surface area contributed by atoms with Gasteiger partial charge in [0, 0.05) is 6.04 Å². The summed E-state index contributed by atoms with van der Waals surface area (Å²) in [6.07, 6.45) is 1.22. The number of halogens is 2. The third-order valence-electron chi connectivity index (χ3n) is 3.19. The highest BCUT2D eigenvalue weighted by molar-refractivity contribution is 7.98. The van der Waals surface area contributed by atoms with Crippen LogP contribution in [-0.2, 0) is 22.1 Å². The lowest BCUT2D eigenvalue weighted by molar-refractivity contribution is 0.251. The third kappa shape index (κ3) is 5.06. The van der Waals surface area contributed by atoms with Crippen LogP contribution < -0.4 is 5.32 Å². The molecule has 0 aliphatic carbocycles. The maximum atomic E-state index is 12.0. The molecule has 2 rings (SSSR count). The van der Waals surface area contributed by atoms with Crippen LogP contribution in [0.25, 0.3) is 0 Å². The molecule has 1 aliphatic rings. The minimum absolute atomic E-state index is 0.152. The molecule has 0 radical (unpaired) electrons. The van der Waals surface area contributed by atoms with Crippen molar-refractivity contribution in [3.05, 3.63) is 23.7 Å². The van der Waals surface area contributed by atoms with Gasteiger partial charge in [-0.2, -0.15) is 8.78 Å². The molecular formula is C12H17F2NO3S2. The molecular weight excluding hydrogens is 308 g/mol. The Kier molecular flexibility index (Phi) is 5.45. The van der Waals surface area contributed by atoms with Crippen LogP contribution >= 0.6 is 11.8 Å². The molecule has 2 heterocycles. The first-order valence-electron chi connectivity index (χ1n) is 6.36. The monoisotopic (exact) mass is 325 g/mol. The van der Waals surface area contributed by atoms with Gasteiger partial charge in [0.1, 0.15) is 21.4 Å². The standard InChI is InChI=1S/C12H17F2NO3S2/c13-12(14)19-8-11-2-1-10(18-11)7-15-9-3-5-20(16,17)6-4-9/h1-2,9,12,15H,3-8H2. The van der Waals surface area contributed by atoms with Crippen molar-refractivity contribution >= 4 is 21.6 Å². The first kappa shape index (κ1) is 15.8. The van der Waals surface area contributed by atoms with E-state index in [1.165, 1.54) is 0 Å². The summed E-state index contributed by atoms with van der Waals surface area (Å²) in [6, 6.07) is 3.62. The molecule has 0 bridgehead atoms. The van der Waals surface area contributed by atoms with Crippen molar-refractivity contribution in [3.8, 4) is 0 Å². The van der Waals surface area contributed by atoms with Crippen LogP contribution in [0.3, 0.4) is 0 Å². The molecule has 1 N–H and O–H groups in total. The summed E-state index contributed by atoms with van der Waals surface area (Å²) in [6.45, 7) is 0.490. The second kappa shape index (κ2) is 6.91. The predicted octanol–water partition coefficient (Wildman–Crippen LogP) is 2.40. The van der Waals surface area contributed by atoms with Crippen molar-refractivity contribution in [1.29, 1.82) is 0 Å². The summed E-state index contributed by atoms with van der Waals surface area (Å²) in [5.74, 6) is -0.593. The molecule has 0 aromatic carbocycles.